The molecule has 3 aromatic heterocycles. The van der Waals surface area contributed by atoms with Crippen LogP contribution in [0.15, 0.2) is 67.3 Å². The van der Waals surface area contributed by atoms with Crippen molar-refractivity contribution in [2.45, 2.75) is 0 Å². The predicted molar refractivity (Wildman–Crippen MR) is 105 cm³/mol. The first kappa shape index (κ1) is 16.2. The van der Waals surface area contributed by atoms with Gasteiger partial charge in [0, 0.05) is 37.3 Å². The number of benzene rings is 1. The molecule has 4 rings (SSSR count). The molecule has 0 spiro atoms. The van der Waals surface area contributed by atoms with Gasteiger partial charge in [-0.15, -0.1) is 0 Å². The molecule has 26 heavy (non-hydrogen) atoms. The predicted octanol–water partition coefficient (Wildman–Crippen LogP) is 4.25. The van der Waals surface area contributed by atoms with Crippen LogP contribution in [0.2, 0.25) is 5.15 Å². The van der Waals surface area contributed by atoms with Gasteiger partial charge in [-0.2, -0.15) is 5.10 Å². The van der Waals surface area contributed by atoms with E-state index in [4.69, 9.17) is 17.3 Å². The van der Waals surface area contributed by atoms with Gasteiger partial charge in [0.1, 0.15) is 11.0 Å². The summed E-state index contributed by atoms with van der Waals surface area (Å²) in [6.45, 7) is 0. The van der Waals surface area contributed by atoms with Crippen LogP contribution in [-0.4, -0.2) is 19.3 Å². The summed E-state index contributed by atoms with van der Waals surface area (Å²) in [7, 11) is 1.88. The maximum absolute atomic E-state index is 6.23. The molecular formula is C19H17ClN6. The van der Waals surface area contributed by atoms with Crippen molar-refractivity contribution in [2.75, 3.05) is 11.1 Å². The highest BCUT2D eigenvalue weighted by molar-refractivity contribution is 6.29. The average molecular weight is 365 g/mol. The maximum Gasteiger partial charge on any atom is 0.134 e. The molecular weight excluding hydrogens is 348 g/mol. The summed E-state index contributed by atoms with van der Waals surface area (Å²) in [5, 5.41) is 7.84. The third-order valence-corrected chi connectivity index (χ3v) is 4.23. The zero-order valence-electron chi connectivity index (χ0n) is 14.1. The molecule has 0 aliphatic rings. The van der Waals surface area contributed by atoms with Gasteiger partial charge in [-0.3, -0.25) is 4.68 Å². The highest BCUT2D eigenvalue weighted by atomic mass is 35.5. The van der Waals surface area contributed by atoms with Crippen molar-refractivity contribution in [3.63, 3.8) is 0 Å². The first-order valence-corrected chi connectivity index (χ1v) is 8.43. The monoisotopic (exact) mass is 364 g/mol. The van der Waals surface area contributed by atoms with Crippen LogP contribution in [0.5, 0.6) is 0 Å². The molecule has 0 unspecified atom stereocenters. The van der Waals surface area contributed by atoms with Gasteiger partial charge in [0.2, 0.25) is 0 Å². The number of nitrogen functional groups attached to an aromatic ring is 1. The van der Waals surface area contributed by atoms with E-state index in [9.17, 15) is 0 Å². The summed E-state index contributed by atoms with van der Waals surface area (Å²) in [6, 6.07) is 13.5. The minimum Gasteiger partial charge on any atom is -0.397 e. The number of pyridine rings is 1. The number of nitrogens with one attached hydrogen (secondary N) is 1. The minimum atomic E-state index is 0.407. The molecule has 0 radical (unpaired) electrons. The molecule has 0 amide bonds. The van der Waals surface area contributed by atoms with Crippen molar-refractivity contribution in [3.8, 4) is 16.8 Å². The minimum absolute atomic E-state index is 0.407. The molecule has 0 fully saturated rings. The number of halogens is 1. The van der Waals surface area contributed by atoms with E-state index in [0.29, 0.717) is 16.7 Å². The number of hydrogen-bond acceptors (Lipinski definition) is 4. The summed E-state index contributed by atoms with van der Waals surface area (Å²) in [5.41, 5.74) is 10.6. The van der Waals surface area contributed by atoms with Crippen molar-refractivity contribution in [1.29, 1.82) is 0 Å². The maximum atomic E-state index is 6.23. The van der Waals surface area contributed by atoms with Crippen molar-refractivity contribution in [2.24, 2.45) is 7.05 Å². The van der Waals surface area contributed by atoms with Crippen LogP contribution in [-0.2, 0) is 7.05 Å². The van der Waals surface area contributed by atoms with Gasteiger partial charge in [0.25, 0.3) is 0 Å². The van der Waals surface area contributed by atoms with E-state index in [2.05, 4.69) is 15.4 Å². The van der Waals surface area contributed by atoms with E-state index in [1.807, 2.05) is 78.9 Å². The summed E-state index contributed by atoms with van der Waals surface area (Å²) in [5.74, 6) is 0.627. The van der Waals surface area contributed by atoms with Crippen LogP contribution in [0.1, 0.15) is 0 Å². The Bertz CT molecular complexity index is 1050. The number of rotatable bonds is 4. The smallest absolute Gasteiger partial charge is 0.134 e. The number of anilines is 3. The third kappa shape index (κ3) is 3.27. The first-order valence-electron chi connectivity index (χ1n) is 8.05. The van der Waals surface area contributed by atoms with Gasteiger partial charge in [-0.25, -0.2) is 4.98 Å². The van der Waals surface area contributed by atoms with Crippen LogP contribution < -0.4 is 11.1 Å². The number of nitrogens with zero attached hydrogens (tertiary/aromatic N) is 4. The Balaban J connectivity index is 1.63. The lowest BCUT2D eigenvalue weighted by atomic mass is 10.1. The van der Waals surface area contributed by atoms with E-state index in [0.717, 1.165) is 22.5 Å². The molecule has 130 valence electrons. The van der Waals surface area contributed by atoms with Crippen LogP contribution in [0.25, 0.3) is 16.8 Å². The highest BCUT2D eigenvalue weighted by Gasteiger charge is 2.08. The lowest BCUT2D eigenvalue weighted by molar-refractivity contribution is 0.768. The second-order valence-electron chi connectivity index (χ2n) is 5.95. The van der Waals surface area contributed by atoms with E-state index >= 15 is 0 Å². The van der Waals surface area contributed by atoms with Gasteiger partial charge >= 0.3 is 0 Å². The lowest BCUT2D eigenvalue weighted by Gasteiger charge is -2.12. The molecule has 0 aliphatic heterocycles. The van der Waals surface area contributed by atoms with Gasteiger partial charge in [0.15, 0.2) is 0 Å². The molecule has 3 N–H and O–H groups in total. The molecule has 0 bridgehead atoms. The standard InChI is InChI=1S/C19H17ClN6/c1-25-12-14(11-22-25)13-4-5-17(16(21)8-13)23-19-10-15(9-18(20)24-19)26-6-2-3-7-26/h2-12H,21H2,1H3,(H,23,24). The molecule has 6 nitrogen and oxygen atoms in total. The normalized spacial score (nSPS) is 10.8. The Morgan fingerprint density at radius 1 is 1.08 bits per heavy atom. The van der Waals surface area contributed by atoms with Gasteiger partial charge in [-0.1, -0.05) is 17.7 Å². The first-order chi connectivity index (χ1) is 12.6. The fraction of sp³-hybridized carbons (Fsp3) is 0.0526. The van der Waals surface area contributed by atoms with Crippen molar-refractivity contribution in [1.82, 2.24) is 19.3 Å². The Hall–Kier alpha value is -3.25. The lowest BCUT2D eigenvalue weighted by Crippen LogP contribution is -2.00. The molecule has 4 aromatic rings. The Morgan fingerprint density at radius 2 is 1.88 bits per heavy atom. The van der Waals surface area contributed by atoms with Crippen molar-refractivity contribution in [3.05, 3.63) is 72.4 Å². The Morgan fingerprint density at radius 3 is 2.58 bits per heavy atom. The van der Waals surface area contributed by atoms with Gasteiger partial charge < -0.3 is 15.6 Å². The van der Waals surface area contributed by atoms with Crippen LogP contribution >= 0.6 is 11.6 Å². The summed E-state index contributed by atoms with van der Waals surface area (Å²) < 4.78 is 3.73. The van der Waals surface area contributed by atoms with Gasteiger partial charge in [-0.05, 0) is 35.9 Å². The SMILES string of the molecule is Cn1cc(-c2ccc(Nc3cc(-n4cccc4)cc(Cl)n3)c(N)c2)cn1. The fourth-order valence-electron chi connectivity index (χ4n) is 2.77. The van der Waals surface area contributed by atoms with Crippen LogP contribution in [0.4, 0.5) is 17.2 Å². The third-order valence-electron chi connectivity index (χ3n) is 4.03. The van der Waals surface area contributed by atoms with Crippen molar-refractivity contribution >= 4 is 28.8 Å². The Labute approximate surface area is 155 Å². The quantitative estimate of drug-likeness (QED) is 0.419. The molecule has 0 saturated carbocycles. The summed E-state index contributed by atoms with van der Waals surface area (Å²) >= 11 is 6.18. The molecule has 0 aliphatic carbocycles. The highest BCUT2D eigenvalue weighted by Crippen LogP contribution is 2.29. The average Bonchev–Trinajstić information content (AvgIpc) is 3.28. The van der Waals surface area contributed by atoms with E-state index in [1.54, 1.807) is 4.68 Å². The molecule has 1 aromatic carbocycles. The van der Waals surface area contributed by atoms with E-state index < -0.39 is 0 Å². The number of hydrogen-bond donors (Lipinski definition) is 2. The largest absolute Gasteiger partial charge is 0.397 e. The second kappa shape index (κ2) is 6.57. The summed E-state index contributed by atoms with van der Waals surface area (Å²) in [4.78, 5) is 4.34. The topological polar surface area (TPSA) is 73.7 Å². The second-order valence-corrected chi connectivity index (χ2v) is 6.34. The van der Waals surface area contributed by atoms with E-state index in [-0.39, 0.29) is 0 Å². The zero-order chi connectivity index (χ0) is 18.1. The number of aromatic nitrogens is 4. The molecule has 0 atom stereocenters. The van der Waals surface area contributed by atoms with Crippen molar-refractivity contribution < 1.29 is 0 Å². The van der Waals surface area contributed by atoms with Gasteiger partial charge in [0.05, 0.1) is 23.3 Å². The molecule has 0 saturated heterocycles. The fourth-order valence-corrected chi connectivity index (χ4v) is 2.97. The van der Waals surface area contributed by atoms with E-state index in [1.165, 1.54) is 0 Å². The Kier molecular flexibility index (Phi) is 4.10. The number of nitrogens with two attached hydrogens (primary N) is 1. The molecule has 3 heterocycles. The van der Waals surface area contributed by atoms with Crippen LogP contribution in [0.3, 0.4) is 0 Å². The molecule has 7 heteroatoms. The zero-order valence-corrected chi connectivity index (χ0v) is 14.9. The van der Waals surface area contributed by atoms with Crippen LogP contribution in [0, 0.1) is 0 Å². The summed E-state index contributed by atoms with van der Waals surface area (Å²) in [6.07, 6.45) is 7.66. The number of aryl methyl sites for hydroxylation is 1.